The van der Waals surface area contributed by atoms with Gasteiger partial charge in [0.1, 0.15) is 0 Å². The Bertz CT molecular complexity index is 311. The van der Waals surface area contributed by atoms with Crippen molar-refractivity contribution in [2.75, 3.05) is 0 Å². The first-order valence-electron chi connectivity index (χ1n) is 4.87. The van der Waals surface area contributed by atoms with Gasteiger partial charge in [0, 0.05) is 5.02 Å². The first-order valence-corrected chi connectivity index (χ1v) is 5.25. The predicted octanol–water partition coefficient (Wildman–Crippen LogP) is 2.53. The fourth-order valence-corrected chi connectivity index (χ4v) is 1.74. The molecule has 1 saturated carbocycles. The Morgan fingerprint density at radius 2 is 1.80 bits per heavy atom. The van der Waals surface area contributed by atoms with Crippen LogP contribution in [0.4, 0.5) is 0 Å². The summed E-state index contributed by atoms with van der Waals surface area (Å²) >= 11 is 5.77. The van der Waals surface area contributed by atoms with Gasteiger partial charge in [-0.2, -0.15) is 0 Å². The van der Waals surface area contributed by atoms with Gasteiger partial charge in [0.2, 0.25) is 0 Å². The van der Waals surface area contributed by atoms with Crippen LogP contribution in [0.5, 0.6) is 0 Å². The third kappa shape index (κ3) is 3.08. The molecule has 1 aliphatic rings. The molecule has 15 heavy (non-hydrogen) atoms. The van der Waals surface area contributed by atoms with Crippen LogP contribution in [0, 0.1) is 5.92 Å². The van der Waals surface area contributed by atoms with Crippen molar-refractivity contribution < 1.29 is 5.11 Å². The summed E-state index contributed by atoms with van der Waals surface area (Å²) in [6.45, 7) is 0. The summed E-state index contributed by atoms with van der Waals surface area (Å²) < 4.78 is 0. The fraction of sp³-hybridized carbons (Fsp3) is 0.455. The zero-order valence-electron chi connectivity index (χ0n) is 8.27. The van der Waals surface area contributed by atoms with Crippen molar-refractivity contribution in [1.82, 2.24) is 0 Å². The summed E-state index contributed by atoms with van der Waals surface area (Å²) in [7, 11) is 0. The van der Waals surface area contributed by atoms with E-state index in [0.717, 1.165) is 18.4 Å². The summed E-state index contributed by atoms with van der Waals surface area (Å²) in [6, 6.07) is 7.07. The van der Waals surface area contributed by atoms with Gasteiger partial charge in [-0.05, 0) is 36.5 Å². The average molecular weight is 248 g/mol. The monoisotopic (exact) mass is 247 g/mol. The summed E-state index contributed by atoms with van der Waals surface area (Å²) in [5.74, 6) is 0.403. The molecule has 0 bridgehead atoms. The summed E-state index contributed by atoms with van der Waals surface area (Å²) in [6.07, 6.45) is 1.79. The minimum atomic E-state index is -0.406. The highest BCUT2D eigenvalue weighted by Crippen LogP contribution is 2.37. The molecule has 1 aromatic carbocycles. The maximum absolute atomic E-state index is 9.82. The molecule has 0 spiro atoms. The summed E-state index contributed by atoms with van der Waals surface area (Å²) in [5, 5.41) is 10.5. The van der Waals surface area contributed by atoms with Gasteiger partial charge in [0.05, 0.1) is 12.1 Å². The van der Waals surface area contributed by atoms with E-state index in [-0.39, 0.29) is 18.4 Å². The van der Waals surface area contributed by atoms with E-state index >= 15 is 0 Å². The van der Waals surface area contributed by atoms with E-state index in [9.17, 15) is 5.11 Å². The standard InChI is InChI=1S/C11H14ClNO.ClH/c12-9-5-3-7(4-6-9)10(13)11(14)8-1-2-8;/h3-6,8,10-11,14H,1-2,13H2;1H/t10-,11+;/m1./s1. The molecule has 0 saturated heterocycles. The van der Waals surface area contributed by atoms with Crippen molar-refractivity contribution >= 4 is 24.0 Å². The lowest BCUT2D eigenvalue weighted by atomic mass is 9.99. The number of hydrogen-bond donors (Lipinski definition) is 2. The Morgan fingerprint density at radius 3 is 2.27 bits per heavy atom. The Kier molecular flexibility index (Phi) is 4.41. The van der Waals surface area contributed by atoms with Gasteiger partial charge >= 0.3 is 0 Å². The van der Waals surface area contributed by atoms with E-state index in [4.69, 9.17) is 17.3 Å². The second-order valence-corrected chi connectivity index (χ2v) is 4.34. The summed E-state index contributed by atoms with van der Waals surface area (Å²) in [4.78, 5) is 0. The van der Waals surface area contributed by atoms with Crippen LogP contribution in [0.3, 0.4) is 0 Å². The van der Waals surface area contributed by atoms with Crippen molar-refractivity contribution in [3.63, 3.8) is 0 Å². The molecule has 0 heterocycles. The first-order chi connectivity index (χ1) is 6.68. The second-order valence-electron chi connectivity index (χ2n) is 3.91. The zero-order chi connectivity index (χ0) is 10.1. The number of rotatable bonds is 3. The van der Waals surface area contributed by atoms with E-state index in [2.05, 4.69) is 0 Å². The number of hydrogen-bond acceptors (Lipinski definition) is 2. The molecule has 0 radical (unpaired) electrons. The van der Waals surface area contributed by atoms with Gasteiger partial charge < -0.3 is 10.8 Å². The van der Waals surface area contributed by atoms with Crippen LogP contribution >= 0.6 is 24.0 Å². The van der Waals surface area contributed by atoms with Crippen molar-refractivity contribution in [1.29, 1.82) is 0 Å². The van der Waals surface area contributed by atoms with Gasteiger partial charge in [0.25, 0.3) is 0 Å². The maximum Gasteiger partial charge on any atom is 0.0760 e. The highest BCUT2D eigenvalue weighted by atomic mass is 35.5. The van der Waals surface area contributed by atoms with Crippen LogP contribution in [0.1, 0.15) is 24.4 Å². The number of aliphatic hydroxyl groups excluding tert-OH is 1. The predicted molar refractivity (Wildman–Crippen MR) is 64.4 cm³/mol. The van der Waals surface area contributed by atoms with E-state index < -0.39 is 6.10 Å². The topological polar surface area (TPSA) is 46.2 Å². The third-order valence-corrected chi connectivity index (χ3v) is 2.98. The molecule has 2 atom stereocenters. The van der Waals surface area contributed by atoms with Crippen LogP contribution in [-0.2, 0) is 0 Å². The van der Waals surface area contributed by atoms with E-state index in [0.29, 0.717) is 10.9 Å². The van der Waals surface area contributed by atoms with Crippen molar-refractivity contribution in [3.8, 4) is 0 Å². The van der Waals surface area contributed by atoms with Gasteiger partial charge in [-0.25, -0.2) is 0 Å². The third-order valence-electron chi connectivity index (χ3n) is 2.73. The molecular formula is C11H15Cl2NO. The molecule has 1 fully saturated rings. The van der Waals surface area contributed by atoms with Crippen LogP contribution in [0.15, 0.2) is 24.3 Å². The van der Waals surface area contributed by atoms with Gasteiger partial charge in [0.15, 0.2) is 0 Å². The Hall–Kier alpha value is -0.280. The van der Waals surface area contributed by atoms with Gasteiger partial charge in [-0.1, -0.05) is 23.7 Å². The van der Waals surface area contributed by atoms with E-state index in [1.54, 1.807) is 12.1 Å². The molecule has 1 aliphatic carbocycles. The van der Waals surface area contributed by atoms with Crippen molar-refractivity contribution in [2.24, 2.45) is 11.7 Å². The Morgan fingerprint density at radius 1 is 1.27 bits per heavy atom. The smallest absolute Gasteiger partial charge is 0.0760 e. The van der Waals surface area contributed by atoms with Crippen LogP contribution in [0.2, 0.25) is 5.02 Å². The maximum atomic E-state index is 9.82. The minimum absolute atomic E-state index is 0. The molecule has 2 nitrogen and oxygen atoms in total. The highest BCUT2D eigenvalue weighted by Gasteiger charge is 2.34. The average Bonchev–Trinajstić information content (AvgIpc) is 3.00. The molecule has 4 heteroatoms. The molecule has 0 unspecified atom stereocenters. The molecule has 0 aliphatic heterocycles. The van der Waals surface area contributed by atoms with Crippen molar-refractivity contribution in [3.05, 3.63) is 34.9 Å². The molecule has 1 aromatic rings. The highest BCUT2D eigenvalue weighted by molar-refractivity contribution is 6.30. The molecule has 2 rings (SSSR count). The first kappa shape index (κ1) is 12.8. The van der Waals surface area contributed by atoms with Gasteiger partial charge in [-0.15, -0.1) is 12.4 Å². The Balaban J connectivity index is 0.00000112. The number of nitrogens with two attached hydrogens (primary N) is 1. The second kappa shape index (κ2) is 5.17. The van der Waals surface area contributed by atoms with Crippen LogP contribution in [-0.4, -0.2) is 11.2 Å². The lowest BCUT2D eigenvalue weighted by molar-refractivity contribution is 0.122. The lowest BCUT2D eigenvalue weighted by Gasteiger charge is -2.18. The Labute approximate surface area is 101 Å². The normalized spacial score (nSPS) is 19.1. The SMILES string of the molecule is Cl.N[C@H](c1ccc(Cl)cc1)[C@@H](O)C1CC1. The van der Waals surface area contributed by atoms with Crippen molar-refractivity contribution in [2.45, 2.75) is 25.0 Å². The molecule has 0 amide bonds. The van der Waals surface area contributed by atoms with Crippen LogP contribution < -0.4 is 5.73 Å². The van der Waals surface area contributed by atoms with E-state index in [1.807, 2.05) is 12.1 Å². The molecule has 3 N–H and O–H groups in total. The quantitative estimate of drug-likeness (QED) is 0.863. The largest absolute Gasteiger partial charge is 0.391 e. The van der Waals surface area contributed by atoms with Gasteiger partial charge in [-0.3, -0.25) is 0 Å². The number of halogens is 2. The lowest BCUT2D eigenvalue weighted by Crippen LogP contribution is -2.27. The molecular weight excluding hydrogens is 233 g/mol. The zero-order valence-corrected chi connectivity index (χ0v) is 9.84. The number of benzene rings is 1. The summed E-state index contributed by atoms with van der Waals surface area (Å²) in [5.41, 5.74) is 6.89. The molecule has 0 aromatic heterocycles. The van der Waals surface area contributed by atoms with E-state index in [1.165, 1.54) is 0 Å². The minimum Gasteiger partial charge on any atom is -0.391 e. The molecule has 84 valence electrons. The fourth-order valence-electron chi connectivity index (χ4n) is 1.61. The number of aliphatic hydroxyl groups is 1. The van der Waals surface area contributed by atoms with Crippen LogP contribution in [0.25, 0.3) is 0 Å².